The molecule has 2 saturated heterocycles. The Hall–Kier alpha value is -0.910. The fourth-order valence-electron chi connectivity index (χ4n) is 3.56. The Morgan fingerprint density at radius 1 is 1.38 bits per heavy atom. The lowest BCUT2D eigenvalue weighted by molar-refractivity contribution is -0.133. The van der Waals surface area contributed by atoms with Crippen molar-refractivity contribution in [2.45, 2.75) is 37.8 Å². The first-order valence-corrected chi connectivity index (χ1v) is 8.88. The van der Waals surface area contributed by atoms with E-state index in [2.05, 4.69) is 32.6 Å². The van der Waals surface area contributed by atoms with Gasteiger partial charge in [0.1, 0.15) is 0 Å². The number of likely N-dealkylation sites (N-methyl/N-ethyl adjacent to an activating group) is 1. The van der Waals surface area contributed by atoms with Crippen LogP contribution in [0.2, 0.25) is 0 Å². The lowest BCUT2D eigenvalue weighted by atomic mass is 10.1. The van der Waals surface area contributed by atoms with Gasteiger partial charge in [0.15, 0.2) is 0 Å². The van der Waals surface area contributed by atoms with Crippen LogP contribution in [0, 0.1) is 0 Å². The Morgan fingerprint density at radius 2 is 2.24 bits per heavy atom. The van der Waals surface area contributed by atoms with Gasteiger partial charge in [-0.15, -0.1) is 11.3 Å². The van der Waals surface area contributed by atoms with Crippen LogP contribution in [0.1, 0.15) is 36.6 Å². The lowest BCUT2D eigenvalue weighted by Crippen LogP contribution is -2.48. The van der Waals surface area contributed by atoms with Crippen molar-refractivity contribution < 1.29 is 4.79 Å². The second-order valence-corrected chi connectivity index (χ2v) is 7.10. The van der Waals surface area contributed by atoms with Crippen molar-refractivity contribution >= 4 is 17.2 Å². The predicted octanol–water partition coefficient (Wildman–Crippen LogP) is 2.10. The normalized spacial score (nSPS) is 27.2. The van der Waals surface area contributed by atoms with Gasteiger partial charge in [0.25, 0.3) is 0 Å². The van der Waals surface area contributed by atoms with Gasteiger partial charge in [0.05, 0.1) is 12.6 Å². The molecule has 2 atom stereocenters. The van der Waals surface area contributed by atoms with Gasteiger partial charge in [-0.05, 0) is 50.7 Å². The Labute approximate surface area is 131 Å². The van der Waals surface area contributed by atoms with Gasteiger partial charge >= 0.3 is 0 Å². The van der Waals surface area contributed by atoms with Crippen LogP contribution >= 0.6 is 11.3 Å². The molecule has 5 heteroatoms. The molecule has 3 heterocycles. The third-order valence-electron chi connectivity index (χ3n) is 4.72. The highest BCUT2D eigenvalue weighted by molar-refractivity contribution is 7.10. The first-order valence-electron chi connectivity index (χ1n) is 8.00. The number of carbonyl (C=O) groups excluding carboxylic acids is 1. The van der Waals surface area contributed by atoms with E-state index in [0.29, 0.717) is 24.5 Å². The molecule has 2 aliphatic rings. The van der Waals surface area contributed by atoms with Crippen LogP contribution in [0.15, 0.2) is 17.5 Å². The van der Waals surface area contributed by atoms with E-state index in [0.717, 1.165) is 32.5 Å². The predicted molar refractivity (Wildman–Crippen MR) is 86.5 cm³/mol. The van der Waals surface area contributed by atoms with Gasteiger partial charge < -0.3 is 10.2 Å². The van der Waals surface area contributed by atoms with Crippen molar-refractivity contribution in [2.24, 2.45) is 0 Å². The highest BCUT2D eigenvalue weighted by Crippen LogP contribution is 2.34. The molecule has 116 valence electrons. The van der Waals surface area contributed by atoms with Crippen LogP contribution < -0.4 is 5.32 Å². The molecular formula is C16H25N3OS. The molecular weight excluding hydrogens is 282 g/mol. The number of likely N-dealkylation sites (tertiary alicyclic amines) is 2. The van der Waals surface area contributed by atoms with Crippen molar-refractivity contribution in [3.63, 3.8) is 0 Å². The van der Waals surface area contributed by atoms with Gasteiger partial charge in [-0.1, -0.05) is 6.07 Å². The topological polar surface area (TPSA) is 35.6 Å². The molecule has 0 spiro atoms. The van der Waals surface area contributed by atoms with Gasteiger partial charge in [0, 0.05) is 24.0 Å². The van der Waals surface area contributed by atoms with E-state index in [-0.39, 0.29) is 0 Å². The van der Waals surface area contributed by atoms with Gasteiger partial charge in [-0.3, -0.25) is 9.69 Å². The zero-order valence-corrected chi connectivity index (χ0v) is 13.6. The first kappa shape index (κ1) is 15.0. The van der Waals surface area contributed by atoms with Crippen molar-refractivity contribution in [2.75, 3.05) is 33.2 Å². The summed E-state index contributed by atoms with van der Waals surface area (Å²) in [5.41, 5.74) is 0. The van der Waals surface area contributed by atoms with Gasteiger partial charge in [-0.2, -0.15) is 0 Å². The summed E-state index contributed by atoms with van der Waals surface area (Å²) in [7, 11) is 2.02. The Balaban J connectivity index is 1.59. The summed E-state index contributed by atoms with van der Waals surface area (Å²) in [5, 5.41) is 5.45. The van der Waals surface area contributed by atoms with Crippen LogP contribution in [0.5, 0.6) is 0 Å². The summed E-state index contributed by atoms with van der Waals surface area (Å²) < 4.78 is 0. The Morgan fingerprint density at radius 3 is 3.00 bits per heavy atom. The lowest BCUT2D eigenvalue weighted by Gasteiger charge is -2.34. The van der Waals surface area contributed by atoms with Gasteiger partial charge in [0.2, 0.25) is 5.91 Å². The standard InChI is InChI=1S/C16H25N3OS/c1-17-13-5-2-8-18(11-13)12-16(20)19-9-3-6-14(19)15-7-4-10-21-15/h4,7,10,13-14,17H,2-3,5-6,8-9,11-12H2,1H3. The maximum Gasteiger partial charge on any atom is 0.237 e. The molecule has 1 aromatic rings. The summed E-state index contributed by atoms with van der Waals surface area (Å²) in [6.45, 7) is 3.56. The van der Waals surface area contributed by atoms with Gasteiger partial charge in [-0.25, -0.2) is 0 Å². The highest BCUT2D eigenvalue weighted by Gasteiger charge is 2.31. The average Bonchev–Trinajstić information content (AvgIpc) is 3.18. The third kappa shape index (κ3) is 3.47. The van der Waals surface area contributed by atoms with E-state index in [1.807, 2.05) is 7.05 Å². The Kier molecular flexibility index (Phi) is 4.93. The third-order valence-corrected chi connectivity index (χ3v) is 5.69. The van der Waals surface area contributed by atoms with E-state index in [9.17, 15) is 4.79 Å². The molecule has 2 fully saturated rings. The molecule has 1 aromatic heterocycles. The summed E-state index contributed by atoms with van der Waals surface area (Å²) in [6, 6.07) is 5.11. The van der Waals surface area contributed by atoms with Crippen LogP contribution in [0.25, 0.3) is 0 Å². The molecule has 0 aliphatic carbocycles. The van der Waals surface area contributed by atoms with E-state index in [1.54, 1.807) is 11.3 Å². The smallest absolute Gasteiger partial charge is 0.237 e. The zero-order valence-electron chi connectivity index (χ0n) is 12.8. The number of rotatable bonds is 4. The largest absolute Gasteiger partial charge is 0.334 e. The fraction of sp³-hybridized carbons (Fsp3) is 0.688. The number of hydrogen-bond donors (Lipinski definition) is 1. The summed E-state index contributed by atoms with van der Waals surface area (Å²) in [4.78, 5) is 18.4. The molecule has 21 heavy (non-hydrogen) atoms. The minimum absolute atomic E-state index is 0.308. The number of amides is 1. The molecule has 0 radical (unpaired) electrons. The SMILES string of the molecule is CNC1CCCN(CC(=O)N2CCCC2c2cccs2)C1. The molecule has 2 unspecified atom stereocenters. The first-order chi connectivity index (χ1) is 10.3. The highest BCUT2D eigenvalue weighted by atomic mass is 32.1. The number of piperidine rings is 1. The minimum atomic E-state index is 0.308. The maximum absolute atomic E-state index is 12.7. The number of hydrogen-bond acceptors (Lipinski definition) is 4. The van der Waals surface area contributed by atoms with E-state index < -0.39 is 0 Å². The van der Waals surface area contributed by atoms with Crippen LogP contribution in [0.4, 0.5) is 0 Å². The second-order valence-electron chi connectivity index (χ2n) is 6.12. The van der Waals surface area contributed by atoms with Crippen molar-refractivity contribution in [1.82, 2.24) is 15.1 Å². The maximum atomic E-state index is 12.7. The minimum Gasteiger partial charge on any atom is -0.334 e. The molecule has 1 N–H and O–H groups in total. The molecule has 4 nitrogen and oxygen atoms in total. The molecule has 2 aliphatic heterocycles. The summed E-state index contributed by atoms with van der Waals surface area (Å²) >= 11 is 1.77. The Bertz CT molecular complexity index is 462. The summed E-state index contributed by atoms with van der Waals surface area (Å²) in [5.74, 6) is 0.308. The average molecular weight is 307 g/mol. The number of nitrogens with one attached hydrogen (secondary N) is 1. The van der Waals surface area contributed by atoms with Crippen LogP contribution in [-0.2, 0) is 4.79 Å². The molecule has 0 saturated carbocycles. The number of thiophene rings is 1. The van der Waals surface area contributed by atoms with Crippen LogP contribution in [-0.4, -0.2) is 55.0 Å². The number of carbonyl (C=O) groups is 1. The zero-order chi connectivity index (χ0) is 14.7. The van der Waals surface area contributed by atoms with E-state index in [1.165, 1.54) is 17.7 Å². The fourth-order valence-corrected chi connectivity index (χ4v) is 4.43. The molecule has 3 rings (SSSR count). The molecule has 0 aromatic carbocycles. The van der Waals surface area contributed by atoms with E-state index >= 15 is 0 Å². The quantitative estimate of drug-likeness (QED) is 0.925. The van der Waals surface area contributed by atoms with Crippen molar-refractivity contribution in [1.29, 1.82) is 0 Å². The summed E-state index contributed by atoms with van der Waals surface area (Å²) in [6.07, 6.45) is 4.66. The number of nitrogens with zero attached hydrogens (tertiary/aromatic N) is 2. The van der Waals surface area contributed by atoms with Crippen molar-refractivity contribution in [3.8, 4) is 0 Å². The monoisotopic (exact) mass is 307 g/mol. The second kappa shape index (κ2) is 6.90. The van der Waals surface area contributed by atoms with E-state index in [4.69, 9.17) is 0 Å². The van der Waals surface area contributed by atoms with Crippen molar-refractivity contribution in [3.05, 3.63) is 22.4 Å². The molecule has 1 amide bonds. The van der Waals surface area contributed by atoms with Crippen LogP contribution in [0.3, 0.4) is 0 Å². The molecule has 0 bridgehead atoms.